The number of hydrogen-bond donors (Lipinski definition) is 1. The average Bonchev–Trinajstić information content (AvgIpc) is 2.50. The quantitative estimate of drug-likeness (QED) is 0.924. The average molecular weight is 326 g/mol. The van der Waals surface area contributed by atoms with Crippen LogP contribution in [0.4, 0.5) is 0 Å². The Morgan fingerprint density at radius 3 is 2.82 bits per heavy atom. The Hall–Kier alpha value is -1.75. The van der Waals surface area contributed by atoms with Gasteiger partial charge in [0.15, 0.2) is 6.10 Å². The van der Waals surface area contributed by atoms with Gasteiger partial charge in [-0.15, -0.1) is 0 Å². The summed E-state index contributed by atoms with van der Waals surface area (Å²) in [4.78, 5) is 25.1. The number of carbonyl (C=O) groups excluding carboxylic acids is 1. The number of halogens is 1. The van der Waals surface area contributed by atoms with Crippen molar-refractivity contribution in [2.75, 3.05) is 13.1 Å². The molecule has 0 aromatic heterocycles. The first-order valence-electron chi connectivity index (χ1n) is 7.33. The van der Waals surface area contributed by atoms with Crippen molar-refractivity contribution in [3.63, 3.8) is 0 Å². The third kappa shape index (κ3) is 3.91. The Balaban J connectivity index is 1.99. The molecule has 1 aromatic carbocycles. The number of nitrogens with zero attached hydrogens (tertiary/aromatic N) is 1. The van der Waals surface area contributed by atoms with Gasteiger partial charge in [-0.2, -0.15) is 0 Å². The Morgan fingerprint density at radius 2 is 2.18 bits per heavy atom. The smallest absolute Gasteiger partial charge is 0.308 e. The molecular weight excluding hydrogens is 306 g/mol. The number of benzene rings is 1. The highest BCUT2D eigenvalue weighted by molar-refractivity contribution is 6.31. The first kappa shape index (κ1) is 16.6. The van der Waals surface area contributed by atoms with Gasteiger partial charge in [-0.3, -0.25) is 9.59 Å². The Morgan fingerprint density at radius 1 is 1.45 bits per heavy atom. The second kappa shape index (κ2) is 7.01. The van der Waals surface area contributed by atoms with Crippen molar-refractivity contribution in [3.05, 3.63) is 28.8 Å². The summed E-state index contributed by atoms with van der Waals surface area (Å²) in [5.41, 5.74) is 0.878. The van der Waals surface area contributed by atoms with Crippen LogP contribution in [0, 0.1) is 12.8 Å². The molecule has 6 heteroatoms. The van der Waals surface area contributed by atoms with Crippen LogP contribution in [0.5, 0.6) is 5.75 Å². The lowest BCUT2D eigenvalue weighted by molar-refractivity contribution is -0.147. The van der Waals surface area contributed by atoms with Crippen LogP contribution >= 0.6 is 11.6 Å². The van der Waals surface area contributed by atoms with E-state index in [1.807, 2.05) is 6.92 Å². The zero-order valence-corrected chi connectivity index (χ0v) is 13.5. The van der Waals surface area contributed by atoms with Gasteiger partial charge in [0, 0.05) is 18.1 Å². The van der Waals surface area contributed by atoms with Crippen LogP contribution < -0.4 is 4.74 Å². The normalized spacial score (nSPS) is 19.6. The summed E-state index contributed by atoms with van der Waals surface area (Å²) in [5, 5.41) is 9.73. The Bertz CT molecular complexity index is 575. The van der Waals surface area contributed by atoms with Crippen LogP contribution in [0.2, 0.25) is 5.02 Å². The van der Waals surface area contributed by atoms with Gasteiger partial charge in [-0.1, -0.05) is 11.6 Å². The molecule has 1 N–H and O–H groups in total. The molecule has 0 bridgehead atoms. The van der Waals surface area contributed by atoms with Crippen molar-refractivity contribution in [2.24, 2.45) is 5.92 Å². The number of carbonyl (C=O) groups is 2. The lowest BCUT2D eigenvalue weighted by Crippen LogP contribution is -2.47. The molecule has 0 aliphatic carbocycles. The summed E-state index contributed by atoms with van der Waals surface area (Å²) < 4.78 is 5.66. The van der Waals surface area contributed by atoms with E-state index in [1.165, 1.54) is 0 Å². The minimum Gasteiger partial charge on any atom is -0.481 e. The highest BCUT2D eigenvalue weighted by Crippen LogP contribution is 2.23. The van der Waals surface area contributed by atoms with Gasteiger partial charge >= 0.3 is 5.97 Å². The molecule has 0 spiro atoms. The Labute approximate surface area is 134 Å². The van der Waals surface area contributed by atoms with Crippen molar-refractivity contribution < 1.29 is 19.4 Å². The van der Waals surface area contributed by atoms with Crippen LogP contribution in [0.15, 0.2) is 18.2 Å². The largest absolute Gasteiger partial charge is 0.481 e. The minimum absolute atomic E-state index is 0.182. The topological polar surface area (TPSA) is 66.8 Å². The third-order valence-corrected chi connectivity index (χ3v) is 4.30. The van der Waals surface area contributed by atoms with E-state index in [2.05, 4.69) is 0 Å². The lowest BCUT2D eigenvalue weighted by Gasteiger charge is -2.32. The summed E-state index contributed by atoms with van der Waals surface area (Å²) >= 11 is 5.96. The molecule has 1 saturated heterocycles. The molecule has 1 heterocycles. The van der Waals surface area contributed by atoms with Crippen LogP contribution in [-0.4, -0.2) is 41.1 Å². The summed E-state index contributed by atoms with van der Waals surface area (Å²) in [6.07, 6.45) is 0.661. The maximum Gasteiger partial charge on any atom is 0.308 e. The van der Waals surface area contributed by atoms with Gasteiger partial charge in [-0.05, 0) is 50.5 Å². The van der Waals surface area contributed by atoms with E-state index in [4.69, 9.17) is 21.4 Å². The van der Waals surface area contributed by atoms with Crippen molar-refractivity contribution in [3.8, 4) is 5.75 Å². The van der Waals surface area contributed by atoms with E-state index in [9.17, 15) is 9.59 Å². The molecule has 0 radical (unpaired) electrons. The maximum absolute atomic E-state index is 12.4. The van der Waals surface area contributed by atoms with E-state index < -0.39 is 18.0 Å². The van der Waals surface area contributed by atoms with Gasteiger partial charge in [0.2, 0.25) is 0 Å². The molecular formula is C16H20ClNO4. The third-order valence-electron chi connectivity index (χ3n) is 3.87. The molecule has 1 aliphatic rings. The lowest BCUT2D eigenvalue weighted by atomic mass is 9.98. The molecule has 120 valence electrons. The summed E-state index contributed by atoms with van der Waals surface area (Å²) in [7, 11) is 0. The van der Waals surface area contributed by atoms with Crippen LogP contribution in [-0.2, 0) is 9.59 Å². The molecule has 5 nitrogen and oxygen atoms in total. The number of aryl methyl sites for hydroxylation is 1. The number of carboxylic acids is 1. The van der Waals surface area contributed by atoms with Gasteiger partial charge in [-0.25, -0.2) is 0 Å². The first-order chi connectivity index (χ1) is 10.4. The highest BCUT2D eigenvalue weighted by Gasteiger charge is 2.30. The molecule has 1 fully saturated rings. The second-order valence-electron chi connectivity index (χ2n) is 5.63. The molecule has 1 aliphatic heterocycles. The number of carboxylic acid groups (broad SMARTS) is 1. The minimum atomic E-state index is -0.848. The molecule has 22 heavy (non-hydrogen) atoms. The van der Waals surface area contributed by atoms with E-state index >= 15 is 0 Å². The van der Waals surface area contributed by atoms with Crippen molar-refractivity contribution in [1.29, 1.82) is 0 Å². The fraction of sp³-hybridized carbons (Fsp3) is 0.500. The molecule has 2 rings (SSSR count). The predicted molar refractivity (Wildman–Crippen MR) is 83.2 cm³/mol. The molecule has 1 aromatic rings. The fourth-order valence-corrected chi connectivity index (χ4v) is 2.70. The summed E-state index contributed by atoms with van der Waals surface area (Å²) in [5.74, 6) is -0.935. The monoisotopic (exact) mass is 325 g/mol. The molecule has 2 atom stereocenters. The number of amides is 1. The van der Waals surface area contributed by atoms with Crippen LogP contribution in [0.1, 0.15) is 25.3 Å². The standard InChI is InChI=1S/C16H20ClNO4/c1-10-8-13(5-6-14(10)17)22-11(2)15(19)18-7-3-4-12(9-18)16(20)21/h5-6,8,11-12H,3-4,7,9H2,1-2H3,(H,20,21)/t11?,12-/m0/s1. The van der Waals surface area contributed by atoms with E-state index in [-0.39, 0.29) is 12.5 Å². The van der Waals surface area contributed by atoms with Crippen LogP contribution in [0.25, 0.3) is 0 Å². The molecule has 1 amide bonds. The summed E-state index contributed by atoms with van der Waals surface area (Å²) in [6, 6.07) is 5.22. The number of hydrogen-bond acceptors (Lipinski definition) is 3. The first-order valence-corrected chi connectivity index (χ1v) is 7.70. The van der Waals surface area contributed by atoms with E-state index in [1.54, 1.807) is 30.0 Å². The number of aliphatic carboxylic acids is 1. The van der Waals surface area contributed by atoms with Gasteiger partial charge in [0.05, 0.1) is 5.92 Å². The molecule has 0 saturated carbocycles. The highest BCUT2D eigenvalue weighted by atomic mass is 35.5. The SMILES string of the molecule is Cc1cc(OC(C)C(=O)N2CCC[C@H](C(=O)O)C2)ccc1Cl. The van der Waals surface area contributed by atoms with Crippen molar-refractivity contribution in [2.45, 2.75) is 32.8 Å². The number of rotatable bonds is 4. The van der Waals surface area contributed by atoms with Gasteiger partial charge in [0.25, 0.3) is 5.91 Å². The number of ether oxygens (including phenoxy) is 1. The second-order valence-corrected chi connectivity index (χ2v) is 6.04. The van der Waals surface area contributed by atoms with E-state index in [0.717, 1.165) is 5.56 Å². The Kier molecular flexibility index (Phi) is 5.29. The fourth-order valence-electron chi connectivity index (χ4n) is 2.58. The zero-order valence-electron chi connectivity index (χ0n) is 12.7. The van der Waals surface area contributed by atoms with E-state index in [0.29, 0.717) is 30.2 Å². The van der Waals surface area contributed by atoms with Crippen molar-refractivity contribution in [1.82, 2.24) is 4.90 Å². The number of likely N-dealkylation sites (tertiary alicyclic amines) is 1. The summed E-state index contributed by atoms with van der Waals surface area (Å²) in [6.45, 7) is 4.37. The predicted octanol–water partition coefficient (Wildman–Crippen LogP) is 2.74. The molecule has 1 unspecified atom stereocenters. The zero-order chi connectivity index (χ0) is 16.3. The van der Waals surface area contributed by atoms with Gasteiger partial charge < -0.3 is 14.7 Å². The van der Waals surface area contributed by atoms with Gasteiger partial charge in [0.1, 0.15) is 5.75 Å². The van der Waals surface area contributed by atoms with Crippen LogP contribution in [0.3, 0.4) is 0 Å². The number of piperidine rings is 1. The maximum atomic E-state index is 12.4. The van der Waals surface area contributed by atoms with Crippen molar-refractivity contribution >= 4 is 23.5 Å².